The largest absolute Gasteiger partial charge is 0.461 e. The van der Waals surface area contributed by atoms with Crippen LogP contribution in [0.15, 0.2) is 12.7 Å². The van der Waals surface area contributed by atoms with E-state index in [1.165, 1.54) is 17.3 Å². The summed E-state index contributed by atoms with van der Waals surface area (Å²) in [5, 5.41) is 3.95. The number of halogens is 1. The van der Waals surface area contributed by atoms with E-state index >= 15 is 0 Å². The van der Waals surface area contributed by atoms with Crippen LogP contribution in [0.2, 0.25) is 5.28 Å². The Morgan fingerprint density at radius 1 is 1.20 bits per heavy atom. The van der Waals surface area contributed by atoms with Gasteiger partial charge in [0.1, 0.15) is 19.3 Å². The van der Waals surface area contributed by atoms with E-state index < -0.39 is 0 Å². The van der Waals surface area contributed by atoms with E-state index in [9.17, 15) is 0 Å². The van der Waals surface area contributed by atoms with E-state index in [2.05, 4.69) is 32.0 Å². The Balaban J connectivity index is 1.88. The highest BCUT2D eigenvalue weighted by Gasteiger charge is 2.08. The van der Waals surface area contributed by atoms with Gasteiger partial charge in [0, 0.05) is 6.61 Å². The first-order chi connectivity index (χ1) is 9.79. The van der Waals surface area contributed by atoms with Crippen LogP contribution in [0.3, 0.4) is 0 Å². The van der Waals surface area contributed by atoms with Crippen LogP contribution in [-0.4, -0.2) is 49.5 Å². The summed E-state index contributed by atoms with van der Waals surface area (Å²) in [7, 11) is 0. The predicted molar refractivity (Wildman–Crippen MR) is 71.0 cm³/mol. The monoisotopic (exact) mass is 298 g/mol. The minimum absolute atomic E-state index is 0.0346. The molecule has 0 saturated heterocycles. The Hall–Kier alpha value is -1.80. The molecule has 2 aromatic heterocycles. The van der Waals surface area contributed by atoms with Crippen LogP contribution in [0.25, 0.3) is 5.95 Å². The van der Waals surface area contributed by atoms with Crippen molar-refractivity contribution < 1.29 is 9.47 Å². The molecule has 2 heterocycles. The van der Waals surface area contributed by atoms with Crippen LogP contribution < -0.4 is 4.74 Å². The molecule has 0 aliphatic carbocycles. The first-order valence-electron chi connectivity index (χ1n) is 6.26. The van der Waals surface area contributed by atoms with Crippen molar-refractivity contribution in [2.45, 2.75) is 19.8 Å². The second-order valence-corrected chi connectivity index (χ2v) is 4.18. The molecule has 0 spiro atoms. The van der Waals surface area contributed by atoms with Gasteiger partial charge in [-0.3, -0.25) is 0 Å². The molecule has 8 nitrogen and oxygen atoms in total. The van der Waals surface area contributed by atoms with E-state index in [1.807, 2.05) is 0 Å². The topological polar surface area (TPSA) is 87.8 Å². The Kier molecular flexibility index (Phi) is 5.63. The molecule has 9 heteroatoms. The zero-order chi connectivity index (χ0) is 14.2. The standard InChI is InChI=1S/C11H15ClN6O2/c1-2-3-4-19-5-6-20-11-16-9(12)15-10(17-11)18-8-13-7-14-18/h7-8H,2-6H2,1H3. The fourth-order valence-corrected chi connectivity index (χ4v) is 1.49. The Morgan fingerprint density at radius 2 is 2.10 bits per heavy atom. The summed E-state index contributed by atoms with van der Waals surface area (Å²) in [6.45, 7) is 3.66. The lowest BCUT2D eigenvalue weighted by Gasteiger charge is -2.06. The number of aromatic nitrogens is 6. The molecule has 108 valence electrons. The van der Waals surface area contributed by atoms with Gasteiger partial charge in [0.15, 0.2) is 0 Å². The smallest absolute Gasteiger partial charge is 0.322 e. The molecule has 0 saturated carbocycles. The van der Waals surface area contributed by atoms with Gasteiger partial charge in [-0.1, -0.05) is 13.3 Å². The molecule has 0 amide bonds. The van der Waals surface area contributed by atoms with Gasteiger partial charge in [0.2, 0.25) is 5.28 Å². The molecule has 0 fully saturated rings. The molecule has 2 rings (SSSR count). The van der Waals surface area contributed by atoms with E-state index in [0.29, 0.717) is 13.2 Å². The van der Waals surface area contributed by atoms with Crippen molar-refractivity contribution in [1.82, 2.24) is 29.7 Å². The first kappa shape index (κ1) is 14.6. The molecule has 2 aromatic rings. The molecular weight excluding hydrogens is 284 g/mol. The van der Waals surface area contributed by atoms with Crippen molar-refractivity contribution in [3.63, 3.8) is 0 Å². The van der Waals surface area contributed by atoms with Gasteiger partial charge in [-0.15, -0.1) is 0 Å². The van der Waals surface area contributed by atoms with Crippen LogP contribution in [0.5, 0.6) is 6.01 Å². The van der Waals surface area contributed by atoms with Crippen molar-refractivity contribution in [3.8, 4) is 12.0 Å². The molecule has 0 bridgehead atoms. The molecule has 20 heavy (non-hydrogen) atoms. The highest BCUT2D eigenvalue weighted by atomic mass is 35.5. The quantitative estimate of drug-likeness (QED) is 0.679. The fourth-order valence-electron chi connectivity index (χ4n) is 1.34. The van der Waals surface area contributed by atoms with Crippen LogP contribution in [0, 0.1) is 0 Å². The van der Waals surface area contributed by atoms with Crippen LogP contribution in [0.4, 0.5) is 0 Å². The Morgan fingerprint density at radius 3 is 2.85 bits per heavy atom. The molecule has 0 N–H and O–H groups in total. The molecule has 0 radical (unpaired) electrons. The average molecular weight is 299 g/mol. The number of hydrogen-bond donors (Lipinski definition) is 0. The molecule has 0 atom stereocenters. The molecule has 0 aliphatic heterocycles. The summed E-state index contributed by atoms with van der Waals surface area (Å²) in [4.78, 5) is 15.7. The summed E-state index contributed by atoms with van der Waals surface area (Å²) in [5.41, 5.74) is 0. The van der Waals surface area contributed by atoms with Gasteiger partial charge in [0.25, 0.3) is 5.95 Å². The molecular formula is C11H15ClN6O2. The lowest BCUT2D eigenvalue weighted by atomic mass is 10.4. The van der Waals surface area contributed by atoms with Crippen LogP contribution >= 0.6 is 11.6 Å². The number of nitrogens with zero attached hydrogens (tertiary/aromatic N) is 6. The third kappa shape index (κ3) is 4.39. The summed E-state index contributed by atoms with van der Waals surface area (Å²) in [5.74, 6) is 0.254. The van der Waals surface area contributed by atoms with E-state index in [-0.39, 0.29) is 17.2 Å². The van der Waals surface area contributed by atoms with E-state index in [0.717, 1.165) is 19.4 Å². The van der Waals surface area contributed by atoms with Gasteiger partial charge < -0.3 is 9.47 Å². The summed E-state index contributed by atoms with van der Waals surface area (Å²) < 4.78 is 12.1. The van der Waals surface area contributed by atoms with Gasteiger partial charge >= 0.3 is 6.01 Å². The highest BCUT2D eigenvalue weighted by Crippen LogP contribution is 2.10. The SMILES string of the molecule is CCCCOCCOc1nc(Cl)nc(-n2cncn2)n1. The van der Waals surface area contributed by atoms with E-state index in [1.54, 1.807) is 0 Å². The Labute approximate surface area is 121 Å². The number of rotatable bonds is 8. The summed E-state index contributed by atoms with van der Waals surface area (Å²) in [6.07, 6.45) is 4.97. The van der Waals surface area contributed by atoms with Crippen molar-refractivity contribution in [2.24, 2.45) is 0 Å². The van der Waals surface area contributed by atoms with Crippen molar-refractivity contribution in [1.29, 1.82) is 0 Å². The third-order valence-electron chi connectivity index (χ3n) is 2.30. The van der Waals surface area contributed by atoms with Crippen molar-refractivity contribution in [3.05, 3.63) is 17.9 Å². The van der Waals surface area contributed by atoms with Crippen molar-refractivity contribution >= 4 is 11.6 Å². The Bertz CT molecular complexity index is 522. The second-order valence-electron chi connectivity index (χ2n) is 3.84. The zero-order valence-electron chi connectivity index (χ0n) is 11.1. The normalized spacial score (nSPS) is 10.7. The third-order valence-corrected chi connectivity index (χ3v) is 2.47. The minimum Gasteiger partial charge on any atom is -0.461 e. The lowest BCUT2D eigenvalue weighted by Crippen LogP contribution is -2.11. The maximum Gasteiger partial charge on any atom is 0.322 e. The minimum atomic E-state index is 0.0346. The molecule has 0 unspecified atom stereocenters. The lowest BCUT2D eigenvalue weighted by molar-refractivity contribution is 0.0946. The van der Waals surface area contributed by atoms with Crippen molar-refractivity contribution in [2.75, 3.05) is 19.8 Å². The maximum absolute atomic E-state index is 5.81. The maximum atomic E-state index is 5.81. The molecule has 0 aromatic carbocycles. The molecule has 0 aliphatic rings. The van der Waals surface area contributed by atoms with E-state index in [4.69, 9.17) is 21.1 Å². The van der Waals surface area contributed by atoms with Crippen LogP contribution in [-0.2, 0) is 4.74 Å². The van der Waals surface area contributed by atoms with Gasteiger partial charge in [-0.05, 0) is 18.0 Å². The highest BCUT2D eigenvalue weighted by molar-refractivity contribution is 6.28. The summed E-state index contributed by atoms with van der Waals surface area (Å²) in [6, 6.07) is 0.134. The predicted octanol–water partition coefficient (Wildman–Crippen LogP) is 1.30. The summed E-state index contributed by atoms with van der Waals surface area (Å²) >= 11 is 5.81. The van der Waals surface area contributed by atoms with Crippen LogP contribution in [0.1, 0.15) is 19.8 Å². The number of hydrogen-bond acceptors (Lipinski definition) is 7. The first-order valence-corrected chi connectivity index (χ1v) is 6.64. The number of ether oxygens (including phenoxy) is 2. The number of unbranched alkanes of at least 4 members (excludes halogenated alkanes) is 1. The van der Waals surface area contributed by atoms with Gasteiger partial charge in [-0.25, -0.2) is 4.98 Å². The second kappa shape index (κ2) is 7.71. The zero-order valence-corrected chi connectivity index (χ0v) is 11.8. The van der Waals surface area contributed by atoms with Gasteiger partial charge in [-0.2, -0.15) is 24.7 Å². The van der Waals surface area contributed by atoms with Gasteiger partial charge in [0.05, 0.1) is 6.61 Å². The average Bonchev–Trinajstić information content (AvgIpc) is 2.96. The fraction of sp³-hybridized carbons (Fsp3) is 0.545.